The van der Waals surface area contributed by atoms with Gasteiger partial charge in [0.2, 0.25) is 0 Å². The van der Waals surface area contributed by atoms with Crippen molar-refractivity contribution in [3.63, 3.8) is 0 Å². The molecule has 6 heteroatoms. The van der Waals surface area contributed by atoms with Gasteiger partial charge in [-0.25, -0.2) is 0 Å². The predicted molar refractivity (Wildman–Crippen MR) is 146 cm³/mol. The Labute approximate surface area is 214 Å². The van der Waals surface area contributed by atoms with E-state index < -0.39 is 0 Å². The summed E-state index contributed by atoms with van der Waals surface area (Å²) in [6.07, 6.45) is 2.55. The van der Waals surface area contributed by atoms with Gasteiger partial charge in [-0.3, -0.25) is 4.79 Å². The second-order valence-corrected chi connectivity index (χ2v) is 11.9. The van der Waals surface area contributed by atoms with Gasteiger partial charge < -0.3 is 19.6 Å². The lowest BCUT2D eigenvalue weighted by molar-refractivity contribution is 0.104. The van der Waals surface area contributed by atoms with Crippen LogP contribution in [0.15, 0.2) is 34.9 Å². The fraction of sp³-hybridized carbons (Fsp3) is 0.533. The Morgan fingerprint density at radius 2 is 1.58 bits per heavy atom. The lowest BCUT2D eigenvalue weighted by atomic mass is 9.85. The van der Waals surface area contributed by atoms with Gasteiger partial charge in [0.15, 0.2) is 11.5 Å². The van der Waals surface area contributed by atoms with E-state index in [2.05, 4.69) is 54.0 Å². The van der Waals surface area contributed by atoms with E-state index in [4.69, 9.17) is 4.52 Å². The highest BCUT2D eigenvalue weighted by molar-refractivity contribution is 6.28. The summed E-state index contributed by atoms with van der Waals surface area (Å²) in [5.41, 5.74) is 5.05. The van der Waals surface area contributed by atoms with Gasteiger partial charge in [0.05, 0.1) is 16.6 Å². The van der Waals surface area contributed by atoms with Crippen LogP contribution >= 0.6 is 0 Å². The van der Waals surface area contributed by atoms with Crippen LogP contribution in [-0.4, -0.2) is 55.1 Å². The first-order chi connectivity index (χ1) is 17.4. The lowest BCUT2D eigenvalue weighted by Gasteiger charge is -2.37. The van der Waals surface area contributed by atoms with E-state index in [0.717, 1.165) is 84.7 Å². The zero-order valence-electron chi connectivity index (χ0n) is 22.0. The quantitative estimate of drug-likeness (QED) is 0.378. The number of hydrogen-bond acceptors (Lipinski definition) is 6. The summed E-state index contributed by atoms with van der Waals surface area (Å²) in [4.78, 5) is 18.8. The van der Waals surface area contributed by atoms with Crippen molar-refractivity contribution in [1.82, 2.24) is 10.1 Å². The molecule has 36 heavy (non-hydrogen) atoms. The largest absolute Gasteiger partial charge is 0.383 e. The van der Waals surface area contributed by atoms with Crippen molar-refractivity contribution in [3.05, 3.63) is 41.5 Å². The second kappa shape index (κ2) is 9.22. The smallest absolute Gasteiger partial charge is 0.196 e. The normalized spacial score (nSPS) is 26.3. The van der Waals surface area contributed by atoms with Crippen molar-refractivity contribution in [2.75, 3.05) is 49.5 Å². The van der Waals surface area contributed by atoms with Crippen molar-refractivity contribution in [3.8, 4) is 11.3 Å². The number of piperidine rings is 2. The Kier molecular flexibility index (Phi) is 6.03. The topological polar surface area (TPSA) is 61.6 Å². The summed E-state index contributed by atoms with van der Waals surface area (Å²) >= 11 is 0. The molecule has 3 heterocycles. The number of carbonyl (C=O) groups excluding carboxylic acids is 1. The van der Waals surface area contributed by atoms with Crippen LogP contribution in [0.2, 0.25) is 0 Å². The van der Waals surface area contributed by atoms with Gasteiger partial charge in [-0.05, 0) is 42.6 Å². The van der Waals surface area contributed by atoms with Crippen LogP contribution in [-0.2, 0) is 0 Å². The Hall–Kier alpha value is -2.86. The molecule has 190 valence electrons. The third-order valence-electron chi connectivity index (χ3n) is 8.28. The SMILES string of the molecule is CC1CC(C)CN(CCNc2cc(N3CC(C)CC(C)C3)c3noc4c3c2C(=O)c2ccccc2-4)C1. The van der Waals surface area contributed by atoms with Gasteiger partial charge >= 0.3 is 0 Å². The average Bonchev–Trinajstić information content (AvgIpc) is 3.27. The number of aromatic nitrogens is 1. The maximum absolute atomic E-state index is 13.8. The van der Waals surface area contributed by atoms with Crippen molar-refractivity contribution in [1.29, 1.82) is 0 Å². The zero-order valence-corrected chi connectivity index (χ0v) is 22.0. The number of likely N-dealkylation sites (tertiary alicyclic amines) is 1. The highest BCUT2D eigenvalue weighted by atomic mass is 16.5. The molecule has 4 atom stereocenters. The zero-order chi connectivity index (χ0) is 25.0. The molecule has 4 unspecified atom stereocenters. The summed E-state index contributed by atoms with van der Waals surface area (Å²) in [7, 11) is 0. The van der Waals surface area contributed by atoms with Crippen molar-refractivity contribution < 1.29 is 9.32 Å². The molecular formula is C30H38N4O2. The van der Waals surface area contributed by atoms with E-state index in [1.54, 1.807) is 0 Å². The number of benzene rings is 2. The molecule has 1 aromatic heterocycles. The number of hydrogen-bond donors (Lipinski definition) is 1. The summed E-state index contributed by atoms with van der Waals surface area (Å²) < 4.78 is 5.97. The Morgan fingerprint density at radius 1 is 0.944 bits per heavy atom. The molecule has 2 aliphatic heterocycles. The molecule has 2 saturated heterocycles. The molecule has 6 rings (SSSR count). The molecule has 0 bridgehead atoms. The monoisotopic (exact) mass is 486 g/mol. The number of nitrogens with one attached hydrogen (secondary N) is 1. The Morgan fingerprint density at radius 3 is 2.28 bits per heavy atom. The number of carbonyl (C=O) groups is 1. The fourth-order valence-corrected chi connectivity index (χ4v) is 7.11. The van der Waals surface area contributed by atoms with Gasteiger partial charge in [-0.1, -0.05) is 57.1 Å². The number of nitrogens with zero attached hydrogens (tertiary/aromatic N) is 3. The minimum absolute atomic E-state index is 0.0564. The summed E-state index contributed by atoms with van der Waals surface area (Å²) in [5, 5.41) is 9.11. The molecule has 1 N–H and O–H groups in total. The third kappa shape index (κ3) is 4.09. The molecule has 0 amide bonds. The molecule has 3 aromatic rings. The molecular weight excluding hydrogens is 448 g/mol. The minimum atomic E-state index is 0.0564. The van der Waals surface area contributed by atoms with E-state index in [-0.39, 0.29) is 5.78 Å². The molecule has 2 fully saturated rings. The average molecular weight is 487 g/mol. The second-order valence-electron chi connectivity index (χ2n) is 11.9. The van der Waals surface area contributed by atoms with Crippen LogP contribution < -0.4 is 10.2 Å². The van der Waals surface area contributed by atoms with Crippen LogP contribution in [0.25, 0.3) is 22.2 Å². The van der Waals surface area contributed by atoms with Crippen molar-refractivity contribution in [2.45, 2.75) is 40.5 Å². The molecule has 6 nitrogen and oxygen atoms in total. The van der Waals surface area contributed by atoms with E-state index in [0.29, 0.717) is 23.0 Å². The molecule has 3 aliphatic rings. The van der Waals surface area contributed by atoms with Gasteiger partial charge in [-0.2, -0.15) is 0 Å². The number of rotatable bonds is 5. The van der Waals surface area contributed by atoms with Gasteiger partial charge in [0.1, 0.15) is 5.52 Å². The Bertz CT molecular complexity index is 1280. The molecule has 0 saturated carbocycles. The van der Waals surface area contributed by atoms with E-state index in [1.165, 1.54) is 12.8 Å². The maximum atomic E-state index is 13.8. The number of fused-ring (bicyclic) bond motifs is 2. The van der Waals surface area contributed by atoms with Crippen molar-refractivity contribution >= 4 is 28.1 Å². The van der Waals surface area contributed by atoms with Gasteiger partial charge in [0, 0.05) is 56.1 Å². The minimum Gasteiger partial charge on any atom is -0.383 e. The van der Waals surface area contributed by atoms with Gasteiger partial charge in [-0.15, -0.1) is 0 Å². The van der Waals surface area contributed by atoms with E-state index in [1.807, 2.05) is 24.3 Å². The van der Waals surface area contributed by atoms with Crippen LogP contribution in [0.1, 0.15) is 56.5 Å². The summed E-state index contributed by atoms with van der Waals surface area (Å²) in [6.45, 7) is 15.4. The summed E-state index contributed by atoms with van der Waals surface area (Å²) in [5.74, 6) is 3.48. The molecule has 2 aromatic carbocycles. The first-order valence-corrected chi connectivity index (χ1v) is 13.7. The van der Waals surface area contributed by atoms with Crippen LogP contribution in [0.5, 0.6) is 0 Å². The van der Waals surface area contributed by atoms with Crippen LogP contribution in [0.4, 0.5) is 11.4 Å². The Balaban J connectivity index is 1.40. The fourth-order valence-electron chi connectivity index (χ4n) is 7.11. The van der Waals surface area contributed by atoms with E-state index in [9.17, 15) is 4.79 Å². The first kappa shape index (κ1) is 23.5. The van der Waals surface area contributed by atoms with Crippen LogP contribution in [0.3, 0.4) is 0 Å². The van der Waals surface area contributed by atoms with Gasteiger partial charge in [0.25, 0.3) is 0 Å². The number of ketones is 1. The molecule has 0 spiro atoms. The van der Waals surface area contributed by atoms with Crippen LogP contribution in [0, 0.1) is 23.7 Å². The van der Waals surface area contributed by atoms with E-state index >= 15 is 0 Å². The standard InChI is InChI=1S/C30H38N4O2/c1-18-11-19(2)15-33(14-18)10-9-31-24-13-25(34-16-20(3)12-21(4)17-34)28-27-26(24)29(35)22-7-5-6-8-23(22)30(27)36-32-28/h5-8,13,18-21,31H,9-12,14-17H2,1-4H3. The van der Waals surface area contributed by atoms with Crippen molar-refractivity contribution in [2.24, 2.45) is 23.7 Å². The number of anilines is 2. The highest BCUT2D eigenvalue weighted by Gasteiger charge is 2.34. The predicted octanol–water partition coefficient (Wildman–Crippen LogP) is 5.91. The summed E-state index contributed by atoms with van der Waals surface area (Å²) in [6, 6.07) is 9.92. The highest BCUT2D eigenvalue weighted by Crippen LogP contribution is 2.46. The molecule has 1 aliphatic carbocycles. The molecule has 0 radical (unpaired) electrons. The first-order valence-electron chi connectivity index (χ1n) is 13.7. The third-order valence-corrected chi connectivity index (χ3v) is 8.28. The lowest BCUT2D eigenvalue weighted by Crippen LogP contribution is -2.41. The maximum Gasteiger partial charge on any atom is 0.196 e.